The van der Waals surface area contributed by atoms with Gasteiger partial charge in [0.1, 0.15) is 12.1 Å². The lowest BCUT2D eigenvalue weighted by molar-refractivity contribution is 0.133. The third kappa shape index (κ3) is 2.34. The van der Waals surface area contributed by atoms with Crippen molar-refractivity contribution in [2.45, 2.75) is 12.5 Å². The van der Waals surface area contributed by atoms with Crippen LogP contribution >= 0.6 is 0 Å². The van der Waals surface area contributed by atoms with Crippen LogP contribution < -0.4 is 5.73 Å². The molecule has 6 nitrogen and oxygen atoms in total. The molecule has 1 aliphatic heterocycles. The summed E-state index contributed by atoms with van der Waals surface area (Å²) in [4.78, 5) is 11.0. The number of nitrogens with two attached hydrogens (primary N) is 1. The van der Waals surface area contributed by atoms with Gasteiger partial charge in [-0.25, -0.2) is 14.6 Å². The second kappa shape index (κ2) is 5.78. The molecule has 3 heterocycles. The fourth-order valence-electron chi connectivity index (χ4n) is 3.89. The van der Waals surface area contributed by atoms with Crippen molar-refractivity contribution < 1.29 is 0 Å². The fraction of sp³-hybridized carbons (Fsp3) is 0.250. The molecule has 2 aromatic heterocycles. The van der Waals surface area contributed by atoms with Crippen molar-refractivity contribution >= 4 is 27.6 Å². The van der Waals surface area contributed by atoms with E-state index in [9.17, 15) is 0 Å². The number of benzene rings is 2. The first kappa shape index (κ1) is 15.3. The van der Waals surface area contributed by atoms with E-state index in [4.69, 9.17) is 10.8 Å². The first-order valence-corrected chi connectivity index (χ1v) is 8.83. The highest BCUT2D eigenvalue weighted by molar-refractivity contribution is 5.90. The minimum atomic E-state index is 0.345. The van der Waals surface area contributed by atoms with Crippen LogP contribution in [0.25, 0.3) is 21.8 Å². The van der Waals surface area contributed by atoms with E-state index in [0.29, 0.717) is 18.3 Å². The number of likely N-dealkylation sites (tertiary alicyclic amines) is 1. The van der Waals surface area contributed by atoms with E-state index in [1.807, 2.05) is 4.68 Å². The SMILES string of the molecule is CN1CC(n2nc(Cc3cccc4ccccc34)c3c(N)ncnc32)C1. The van der Waals surface area contributed by atoms with E-state index in [0.717, 1.165) is 29.8 Å². The van der Waals surface area contributed by atoms with Gasteiger partial charge in [0.25, 0.3) is 0 Å². The molecule has 0 atom stereocenters. The van der Waals surface area contributed by atoms with Crippen LogP contribution in [-0.4, -0.2) is 44.8 Å². The van der Waals surface area contributed by atoms with Crippen LogP contribution in [0.4, 0.5) is 5.82 Å². The second-order valence-corrected chi connectivity index (χ2v) is 7.04. The molecule has 0 aliphatic carbocycles. The van der Waals surface area contributed by atoms with E-state index >= 15 is 0 Å². The third-order valence-corrected chi connectivity index (χ3v) is 5.22. The lowest BCUT2D eigenvalue weighted by atomic mass is 10.0. The zero-order valence-corrected chi connectivity index (χ0v) is 14.6. The van der Waals surface area contributed by atoms with E-state index in [-0.39, 0.29) is 0 Å². The van der Waals surface area contributed by atoms with Crippen LogP contribution in [-0.2, 0) is 6.42 Å². The zero-order chi connectivity index (χ0) is 17.7. The maximum absolute atomic E-state index is 6.21. The lowest BCUT2D eigenvalue weighted by Gasteiger charge is -2.36. The number of hydrogen-bond acceptors (Lipinski definition) is 5. The fourth-order valence-corrected chi connectivity index (χ4v) is 3.89. The van der Waals surface area contributed by atoms with Crippen molar-refractivity contribution in [3.63, 3.8) is 0 Å². The first-order chi connectivity index (χ1) is 12.7. The van der Waals surface area contributed by atoms with Crippen molar-refractivity contribution in [1.82, 2.24) is 24.6 Å². The number of rotatable bonds is 3. The summed E-state index contributed by atoms with van der Waals surface area (Å²) in [6, 6.07) is 15.2. The quantitative estimate of drug-likeness (QED) is 0.618. The number of anilines is 1. The Morgan fingerprint density at radius 3 is 2.73 bits per heavy atom. The van der Waals surface area contributed by atoms with Gasteiger partial charge in [-0.2, -0.15) is 5.10 Å². The summed E-state index contributed by atoms with van der Waals surface area (Å²) in [6.07, 6.45) is 2.24. The molecule has 0 unspecified atom stereocenters. The number of hydrogen-bond donors (Lipinski definition) is 1. The Hall–Kier alpha value is -2.99. The summed E-state index contributed by atoms with van der Waals surface area (Å²) >= 11 is 0. The predicted molar refractivity (Wildman–Crippen MR) is 103 cm³/mol. The topological polar surface area (TPSA) is 72.9 Å². The Labute approximate surface area is 151 Å². The van der Waals surface area contributed by atoms with Gasteiger partial charge in [0.05, 0.1) is 17.1 Å². The molecule has 1 aliphatic rings. The van der Waals surface area contributed by atoms with Crippen molar-refractivity contribution in [2.75, 3.05) is 25.9 Å². The average Bonchev–Trinajstić information content (AvgIpc) is 2.99. The molecule has 1 saturated heterocycles. The van der Waals surface area contributed by atoms with E-state index in [1.165, 1.54) is 22.7 Å². The molecule has 4 aromatic rings. The van der Waals surface area contributed by atoms with Crippen molar-refractivity contribution in [3.05, 3.63) is 60.0 Å². The molecule has 0 radical (unpaired) electrons. The summed E-state index contributed by atoms with van der Waals surface area (Å²) in [7, 11) is 2.11. The molecule has 0 bridgehead atoms. The summed E-state index contributed by atoms with van der Waals surface area (Å²) in [6.45, 7) is 1.96. The summed E-state index contributed by atoms with van der Waals surface area (Å²) in [5.41, 5.74) is 9.24. The van der Waals surface area contributed by atoms with Gasteiger partial charge in [-0.3, -0.25) is 0 Å². The van der Waals surface area contributed by atoms with Gasteiger partial charge in [-0.1, -0.05) is 42.5 Å². The highest BCUT2D eigenvalue weighted by atomic mass is 15.4. The van der Waals surface area contributed by atoms with E-state index < -0.39 is 0 Å². The standard InChI is InChI=1S/C20H20N6/c1-25-10-15(11-25)26-20-18(19(21)22-12-23-20)17(24-26)9-14-7-4-6-13-5-2-3-8-16(13)14/h2-8,12,15H,9-11H2,1H3,(H2,21,22,23). The molecular formula is C20H20N6. The number of fused-ring (bicyclic) bond motifs is 2. The summed E-state index contributed by atoms with van der Waals surface area (Å²) < 4.78 is 2.04. The smallest absolute Gasteiger partial charge is 0.163 e. The molecule has 1 fully saturated rings. The molecule has 0 amide bonds. The Kier molecular flexibility index (Phi) is 3.39. The Bertz CT molecular complexity index is 1100. The predicted octanol–water partition coefficient (Wildman–Crippen LogP) is 2.64. The van der Waals surface area contributed by atoms with Gasteiger partial charge in [-0.15, -0.1) is 0 Å². The molecule has 0 saturated carbocycles. The number of nitrogens with zero attached hydrogens (tertiary/aromatic N) is 5. The van der Waals surface area contributed by atoms with Crippen LogP contribution in [0.1, 0.15) is 17.3 Å². The maximum atomic E-state index is 6.21. The minimum absolute atomic E-state index is 0.345. The minimum Gasteiger partial charge on any atom is -0.383 e. The molecular weight excluding hydrogens is 324 g/mol. The number of aromatic nitrogens is 4. The van der Waals surface area contributed by atoms with E-state index in [1.54, 1.807) is 0 Å². The monoisotopic (exact) mass is 344 g/mol. The van der Waals surface area contributed by atoms with Crippen LogP contribution in [0, 0.1) is 0 Å². The van der Waals surface area contributed by atoms with Crippen LogP contribution in [0.2, 0.25) is 0 Å². The van der Waals surface area contributed by atoms with E-state index in [2.05, 4.69) is 64.4 Å². The third-order valence-electron chi connectivity index (χ3n) is 5.22. The normalized spacial score (nSPS) is 15.6. The molecule has 0 spiro atoms. The van der Waals surface area contributed by atoms with Crippen LogP contribution in [0.15, 0.2) is 48.8 Å². The molecule has 26 heavy (non-hydrogen) atoms. The largest absolute Gasteiger partial charge is 0.383 e. The molecule has 6 heteroatoms. The molecule has 2 aromatic carbocycles. The highest BCUT2D eigenvalue weighted by Gasteiger charge is 2.29. The Balaban J connectivity index is 1.65. The Morgan fingerprint density at radius 1 is 1.08 bits per heavy atom. The van der Waals surface area contributed by atoms with Gasteiger partial charge >= 0.3 is 0 Å². The van der Waals surface area contributed by atoms with Gasteiger partial charge in [0, 0.05) is 19.5 Å². The Morgan fingerprint density at radius 2 is 1.88 bits per heavy atom. The average molecular weight is 344 g/mol. The summed E-state index contributed by atoms with van der Waals surface area (Å²) in [5, 5.41) is 8.28. The van der Waals surface area contributed by atoms with Crippen molar-refractivity contribution in [3.8, 4) is 0 Å². The zero-order valence-electron chi connectivity index (χ0n) is 14.6. The van der Waals surface area contributed by atoms with Crippen LogP contribution in [0.3, 0.4) is 0 Å². The second-order valence-electron chi connectivity index (χ2n) is 7.04. The molecule has 2 N–H and O–H groups in total. The van der Waals surface area contributed by atoms with Gasteiger partial charge in [-0.05, 0) is 23.4 Å². The summed E-state index contributed by atoms with van der Waals surface area (Å²) in [5.74, 6) is 0.504. The van der Waals surface area contributed by atoms with Gasteiger partial charge < -0.3 is 10.6 Å². The maximum Gasteiger partial charge on any atom is 0.163 e. The number of nitrogen functional groups attached to an aromatic ring is 1. The highest BCUT2D eigenvalue weighted by Crippen LogP contribution is 2.30. The first-order valence-electron chi connectivity index (χ1n) is 8.83. The van der Waals surface area contributed by atoms with Gasteiger partial charge in [0.2, 0.25) is 0 Å². The van der Waals surface area contributed by atoms with Crippen molar-refractivity contribution in [1.29, 1.82) is 0 Å². The van der Waals surface area contributed by atoms with Gasteiger partial charge in [0.15, 0.2) is 5.65 Å². The molecule has 130 valence electrons. The number of likely N-dealkylation sites (N-methyl/N-ethyl adjacent to an activating group) is 1. The molecule has 5 rings (SSSR count). The van der Waals surface area contributed by atoms with Crippen molar-refractivity contribution in [2.24, 2.45) is 0 Å². The lowest BCUT2D eigenvalue weighted by Crippen LogP contribution is -2.45. The van der Waals surface area contributed by atoms with Crippen LogP contribution in [0.5, 0.6) is 0 Å².